The van der Waals surface area contributed by atoms with E-state index in [4.69, 9.17) is 11.6 Å². The van der Waals surface area contributed by atoms with E-state index in [0.29, 0.717) is 33.6 Å². The molecule has 3 aromatic rings. The van der Waals surface area contributed by atoms with E-state index in [1.807, 2.05) is 43.3 Å². The Kier molecular flexibility index (Phi) is 8.73. The minimum Gasteiger partial charge on any atom is -0.326 e. The molecule has 1 heterocycles. The van der Waals surface area contributed by atoms with Gasteiger partial charge >= 0.3 is 0 Å². The van der Waals surface area contributed by atoms with Gasteiger partial charge in [-0.3, -0.25) is 9.59 Å². The number of nitrogens with zero attached hydrogens (tertiary/aromatic N) is 1. The van der Waals surface area contributed by atoms with Gasteiger partial charge in [-0.2, -0.15) is 5.26 Å². The Morgan fingerprint density at radius 1 is 1.22 bits per heavy atom. The lowest BCUT2D eigenvalue weighted by atomic mass is 9.88. The molecule has 0 radical (unpaired) electrons. The first kappa shape index (κ1) is 26.3. The highest BCUT2D eigenvalue weighted by Gasteiger charge is 2.26. The Morgan fingerprint density at radius 3 is 2.72 bits per heavy atom. The number of hydrogen-bond donors (Lipinski definition) is 2. The van der Waals surface area contributed by atoms with Crippen molar-refractivity contribution in [2.75, 3.05) is 10.6 Å². The van der Waals surface area contributed by atoms with Crippen molar-refractivity contribution in [2.45, 2.75) is 56.1 Å². The number of halogens is 1. The number of fused-ring (bicyclic) bond motifs is 1. The summed E-state index contributed by atoms with van der Waals surface area (Å²) in [5.41, 5.74) is 3.30. The number of carbonyl (C=O) groups excluding carboxylic acids is 2. The summed E-state index contributed by atoms with van der Waals surface area (Å²) < 4.78 is 0. The van der Waals surface area contributed by atoms with Crippen molar-refractivity contribution < 1.29 is 9.59 Å². The molecule has 0 saturated heterocycles. The van der Waals surface area contributed by atoms with E-state index in [1.54, 1.807) is 23.5 Å². The van der Waals surface area contributed by atoms with Crippen LogP contribution in [0.25, 0.3) is 0 Å². The molecule has 0 aliphatic heterocycles. The summed E-state index contributed by atoms with van der Waals surface area (Å²) in [5.74, 6) is 0.372. The number of thioether (sulfide) groups is 1. The number of carbonyl (C=O) groups is 2. The van der Waals surface area contributed by atoms with Gasteiger partial charge in [0.1, 0.15) is 11.1 Å². The summed E-state index contributed by atoms with van der Waals surface area (Å²) in [7, 11) is 0. The molecule has 2 N–H and O–H groups in total. The second kappa shape index (κ2) is 12.0. The molecule has 0 bridgehead atoms. The van der Waals surface area contributed by atoms with E-state index >= 15 is 0 Å². The first-order valence-electron chi connectivity index (χ1n) is 12.0. The predicted octanol–water partition coefficient (Wildman–Crippen LogP) is 7.09. The summed E-state index contributed by atoms with van der Waals surface area (Å²) in [5, 5.41) is 16.7. The highest BCUT2D eigenvalue weighted by atomic mass is 35.5. The molecule has 2 aromatic carbocycles. The van der Waals surface area contributed by atoms with Crippen LogP contribution in [0.15, 0.2) is 53.4 Å². The number of anilines is 2. The van der Waals surface area contributed by atoms with E-state index in [-0.39, 0.29) is 23.5 Å². The van der Waals surface area contributed by atoms with Crippen molar-refractivity contribution in [1.29, 1.82) is 5.26 Å². The van der Waals surface area contributed by atoms with E-state index < -0.39 is 0 Å². The monoisotopic (exact) mass is 537 g/mol. The van der Waals surface area contributed by atoms with Crippen LogP contribution in [0.4, 0.5) is 10.7 Å². The molecule has 0 saturated carbocycles. The molecule has 1 aromatic heterocycles. The molecule has 1 aliphatic rings. The smallest absolute Gasteiger partial charge is 0.238 e. The van der Waals surface area contributed by atoms with E-state index in [1.165, 1.54) is 16.6 Å². The van der Waals surface area contributed by atoms with Gasteiger partial charge in [-0.1, -0.05) is 43.6 Å². The van der Waals surface area contributed by atoms with Crippen molar-refractivity contribution in [2.24, 2.45) is 5.92 Å². The van der Waals surface area contributed by atoms with Crippen LogP contribution >= 0.6 is 34.7 Å². The first-order valence-corrected chi connectivity index (χ1v) is 14.1. The number of hydrogen-bond acceptors (Lipinski definition) is 5. The average Bonchev–Trinajstić information content (AvgIpc) is 3.19. The lowest BCUT2D eigenvalue weighted by Gasteiger charge is -2.17. The molecule has 5 nitrogen and oxygen atoms in total. The van der Waals surface area contributed by atoms with Gasteiger partial charge in [0.2, 0.25) is 11.8 Å². The van der Waals surface area contributed by atoms with E-state index in [0.717, 1.165) is 35.3 Å². The van der Waals surface area contributed by atoms with Crippen LogP contribution in [-0.4, -0.2) is 17.1 Å². The fourth-order valence-electron chi connectivity index (χ4n) is 4.28. The van der Waals surface area contributed by atoms with Gasteiger partial charge < -0.3 is 10.6 Å². The fraction of sp³-hybridized carbons (Fsp3) is 0.321. The number of amides is 2. The molecule has 2 atom stereocenters. The minimum absolute atomic E-state index is 0.108. The molecule has 0 fully saturated rings. The molecular weight excluding hydrogens is 510 g/mol. The molecule has 8 heteroatoms. The van der Waals surface area contributed by atoms with Gasteiger partial charge in [0, 0.05) is 20.5 Å². The van der Waals surface area contributed by atoms with Crippen LogP contribution in [0.3, 0.4) is 0 Å². The third-order valence-electron chi connectivity index (χ3n) is 6.20. The predicted molar refractivity (Wildman–Crippen MR) is 149 cm³/mol. The van der Waals surface area contributed by atoms with Crippen molar-refractivity contribution >= 4 is 57.2 Å². The quantitative estimate of drug-likeness (QED) is 0.300. The average molecular weight is 538 g/mol. The van der Waals surface area contributed by atoms with Gasteiger partial charge in [-0.25, -0.2) is 0 Å². The van der Waals surface area contributed by atoms with Gasteiger partial charge in [-0.15, -0.1) is 23.1 Å². The lowest BCUT2D eigenvalue weighted by molar-refractivity contribution is -0.116. The first-order chi connectivity index (χ1) is 17.4. The topological polar surface area (TPSA) is 82.0 Å². The third kappa shape index (κ3) is 6.50. The molecule has 36 heavy (non-hydrogen) atoms. The zero-order valence-electron chi connectivity index (χ0n) is 20.3. The maximum absolute atomic E-state index is 13.2. The van der Waals surface area contributed by atoms with Crippen molar-refractivity contribution in [3.8, 4) is 6.07 Å². The van der Waals surface area contributed by atoms with Crippen molar-refractivity contribution in [3.05, 3.63) is 75.1 Å². The van der Waals surface area contributed by atoms with Crippen LogP contribution in [0.1, 0.15) is 48.3 Å². The van der Waals surface area contributed by atoms with Gasteiger partial charge in [-0.05, 0) is 73.1 Å². The summed E-state index contributed by atoms with van der Waals surface area (Å²) >= 11 is 8.92. The molecule has 2 amide bonds. The number of nitriles is 1. The van der Waals surface area contributed by atoms with Crippen LogP contribution in [0.2, 0.25) is 5.02 Å². The second-order valence-electron chi connectivity index (χ2n) is 9.05. The molecule has 1 aliphatic carbocycles. The van der Waals surface area contributed by atoms with E-state index in [2.05, 4.69) is 23.6 Å². The van der Waals surface area contributed by atoms with Crippen LogP contribution in [0.5, 0.6) is 0 Å². The fourth-order valence-corrected chi connectivity index (χ4v) is 6.78. The molecule has 186 valence electrons. The zero-order valence-corrected chi connectivity index (χ0v) is 22.7. The third-order valence-corrected chi connectivity index (χ3v) is 8.98. The Bertz CT molecular complexity index is 1300. The number of thiophene rings is 1. The standard InChI is InChI=1S/C28H28ClN3O2S2/c1-3-24(27(34)32-28-23(16-30)22-12-7-17(2)13-25(22)36-28)35-21-6-4-5-20(15-21)31-26(33)14-18-8-10-19(29)11-9-18/h4-6,8-11,15,17,24H,3,7,12-14H2,1-2H3,(H,31,33)(H,32,34). The SMILES string of the molecule is CCC(Sc1cccc(NC(=O)Cc2ccc(Cl)cc2)c1)C(=O)Nc1sc2c(c1C#N)CCC(C)C2. The Morgan fingerprint density at radius 2 is 2.00 bits per heavy atom. The van der Waals surface area contributed by atoms with Crippen molar-refractivity contribution in [1.82, 2.24) is 0 Å². The van der Waals surface area contributed by atoms with Gasteiger partial charge in [0.25, 0.3) is 0 Å². The lowest BCUT2D eigenvalue weighted by Crippen LogP contribution is -2.24. The summed E-state index contributed by atoms with van der Waals surface area (Å²) in [6.45, 7) is 4.20. The van der Waals surface area contributed by atoms with Gasteiger partial charge in [0.05, 0.1) is 17.2 Å². The van der Waals surface area contributed by atoms with Crippen LogP contribution in [-0.2, 0) is 28.9 Å². The zero-order chi connectivity index (χ0) is 25.7. The maximum Gasteiger partial charge on any atom is 0.238 e. The highest BCUT2D eigenvalue weighted by molar-refractivity contribution is 8.00. The summed E-state index contributed by atoms with van der Waals surface area (Å²) in [6, 6.07) is 17.0. The van der Waals surface area contributed by atoms with Gasteiger partial charge in [0.15, 0.2) is 0 Å². The largest absolute Gasteiger partial charge is 0.326 e. The number of rotatable bonds is 8. The highest BCUT2D eigenvalue weighted by Crippen LogP contribution is 2.39. The Labute approximate surface area is 225 Å². The summed E-state index contributed by atoms with van der Waals surface area (Å²) in [4.78, 5) is 27.8. The molecule has 2 unspecified atom stereocenters. The molecular formula is C28H28ClN3O2S2. The minimum atomic E-state index is -0.324. The maximum atomic E-state index is 13.2. The molecule has 4 rings (SSSR count). The Balaban J connectivity index is 1.40. The normalized spacial score (nSPS) is 15.4. The van der Waals surface area contributed by atoms with Crippen LogP contribution in [0, 0.1) is 17.2 Å². The Hall–Kier alpha value is -2.79. The van der Waals surface area contributed by atoms with Crippen LogP contribution < -0.4 is 10.6 Å². The number of nitrogens with one attached hydrogen (secondary N) is 2. The molecule has 0 spiro atoms. The summed E-state index contributed by atoms with van der Waals surface area (Å²) in [6.07, 6.45) is 3.82. The number of benzene rings is 2. The van der Waals surface area contributed by atoms with Crippen molar-refractivity contribution in [3.63, 3.8) is 0 Å². The van der Waals surface area contributed by atoms with E-state index in [9.17, 15) is 14.9 Å². The second-order valence-corrected chi connectivity index (χ2v) is 11.9.